The summed E-state index contributed by atoms with van der Waals surface area (Å²) in [5.41, 5.74) is 2.14. The van der Waals surface area contributed by atoms with E-state index in [4.69, 9.17) is 16.3 Å². The SMILES string of the molecule is Cc1cc2c(c(C)c1Cl)C(=O)CC1(CCNC1)O2. The average molecular weight is 266 g/mol. The molecule has 0 saturated carbocycles. The van der Waals surface area contributed by atoms with E-state index in [-0.39, 0.29) is 11.4 Å². The smallest absolute Gasteiger partial charge is 0.170 e. The Labute approximate surface area is 111 Å². The van der Waals surface area contributed by atoms with Crippen molar-refractivity contribution in [1.82, 2.24) is 5.32 Å². The third kappa shape index (κ3) is 1.65. The van der Waals surface area contributed by atoms with Crippen molar-refractivity contribution in [2.24, 2.45) is 0 Å². The van der Waals surface area contributed by atoms with Crippen LogP contribution in [0.15, 0.2) is 6.07 Å². The molecule has 3 nitrogen and oxygen atoms in total. The Morgan fingerprint density at radius 3 is 2.89 bits per heavy atom. The van der Waals surface area contributed by atoms with Gasteiger partial charge in [0.2, 0.25) is 0 Å². The maximum atomic E-state index is 12.4. The van der Waals surface area contributed by atoms with Gasteiger partial charge >= 0.3 is 0 Å². The summed E-state index contributed by atoms with van der Waals surface area (Å²) < 4.78 is 6.13. The van der Waals surface area contributed by atoms with E-state index in [0.717, 1.165) is 30.6 Å². The Kier molecular flexibility index (Phi) is 2.65. The van der Waals surface area contributed by atoms with E-state index in [1.165, 1.54) is 0 Å². The largest absolute Gasteiger partial charge is 0.485 e. The normalized spacial score (nSPS) is 26.3. The number of aryl methyl sites for hydroxylation is 1. The fourth-order valence-corrected chi connectivity index (χ4v) is 3.11. The lowest BCUT2D eigenvalue weighted by molar-refractivity contribution is 0.0527. The van der Waals surface area contributed by atoms with Gasteiger partial charge in [-0.15, -0.1) is 0 Å². The molecule has 0 aliphatic carbocycles. The minimum Gasteiger partial charge on any atom is -0.485 e. The van der Waals surface area contributed by atoms with E-state index in [0.29, 0.717) is 22.8 Å². The molecule has 1 N–H and O–H groups in total. The molecular formula is C14H16ClNO2. The van der Waals surface area contributed by atoms with Crippen LogP contribution in [0, 0.1) is 13.8 Å². The molecule has 1 spiro atoms. The number of rotatable bonds is 0. The van der Waals surface area contributed by atoms with Crippen LogP contribution in [0.25, 0.3) is 0 Å². The molecule has 1 aromatic carbocycles. The first-order chi connectivity index (χ1) is 8.52. The summed E-state index contributed by atoms with van der Waals surface area (Å²) >= 11 is 6.21. The Hall–Kier alpha value is -1.06. The van der Waals surface area contributed by atoms with E-state index < -0.39 is 0 Å². The molecule has 1 fully saturated rings. The standard InChI is InChI=1S/C14H16ClNO2/c1-8-5-11-12(9(2)13(8)15)10(17)6-14(18-11)3-4-16-7-14/h5,16H,3-4,6-7H2,1-2H3. The van der Waals surface area contributed by atoms with Gasteiger partial charge in [-0.3, -0.25) is 4.79 Å². The Balaban J connectivity index is 2.12. The van der Waals surface area contributed by atoms with Crippen molar-refractivity contribution in [3.8, 4) is 5.75 Å². The summed E-state index contributed by atoms with van der Waals surface area (Å²) in [6.45, 7) is 5.49. The molecule has 2 aliphatic heterocycles. The van der Waals surface area contributed by atoms with Gasteiger partial charge < -0.3 is 10.1 Å². The van der Waals surface area contributed by atoms with E-state index in [2.05, 4.69) is 5.32 Å². The molecule has 2 heterocycles. The molecule has 0 bridgehead atoms. The Bertz CT molecular complexity index is 533. The second-order valence-electron chi connectivity index (χ2n) is 5.32. The first kappa shape index (κ1) is 12.0. The van der Waals surface area contributed by atoms with E-state index in [1.54, 1.807) is 0 Å². The van der Waals surface area contributed by atoms with E-state index >= 15 is 0 Å². The Morgan fingerprint density at radius 1 is 1.44 bits per heavy atom. The van der Waals surface area contributed by atoms with Crippen LogP contribution >= 0.6 is 11.6 Å². The van der Waals surface area contributed by atoms with Crippen molar-refractivity contribution >= 4 is 17.4 Å². The summed E-state index contributed by atoms with van der Waals surface area (Å²) in [6.07, 6.45) is 1.34. The quantitative estimate of drug-likeness (QED) is 0.784. The second kappa shape index (κ2) is 3.97. The van der Waals surface area contributed by atoms with Gasteiger partial charge in [0, 0.05) is 18.0 Å². The van der Waals surface area contributed by atoms with Gasteiger partial charge in [0.1, 0.15) is 11.4 Å². The highest BCUT2D eigenvalue weighted by molar-refractivity contribution is 6.32. The number of Topliss-reactive ketones (excluding diaryl/α,β-unsaturated/α-hetero) is 1. The number of ether oxygens (including phenoxy) is 1. The van der Waals surface area contributed by atoms with E-state index in [1.807, 2.05) is 19.9 Å². The molecule has 2 aliphatic rings. The number of carbonyl (C=O) groups excluding carboxylic acids is 1. The number of hydrogen-bond acceptors (Lipinski definition) is 3. The number of halogens is 1. The van der Waals surface area contributed by atoms with Gasteiger partial charge in [-0.25, -0.2) is 0 Å². The summed E-state index contributed by atoms with van der Waals surface area (Å²) in [5.74, 6) is 0.855. The molecule has 0 aromatic heterocycles. The highest BCUT2D eigenvalue weighted by Crippen LogP contribution is 2.41. The molecule has 4 heteroatoms. The number of fused-ring (bicyclic) bond motifs is 1. The first-order valence-corrected chi connectivity index (χ1v) is 6.63. The van der Waals surface area contributed by atoms with Crippen molar-refractivity contribution < 1.29 is 9.53 Å². The van der Waals surface area contributed by atoms with Gasteiger partial charge in [0.25, 0.3) is 0 Å². The topological polar surface area (TPSA) is 38.3 Å². The third-order valence-electron chi connectivity index (χ3n) is 3.94. The van der Waals surface area contributed by atoms with Crippen LogP contribution < -0.4 is 10.1 Å². The predicted octanol–water partition coefficient (Wildman–Crippen LogP) is 2.65. The number of carbonyl (C=O) groups is 1. The fourth-order valence-electron chi connectivity index (χ4n) is 2.96. The monoisotopic (exact) mass is 265 g/mol. The number of benzene rings is 1. The maximum absolute atomic E-state index is 12.4. The number of ketones is 1. The van der Waals surface area contributed by atoms with Crippen molar-refractivity contribution in [2.75, 3.05) is 13.1 Å². The fraction of sp³-hybridized carbons (Fsp3) is 0.500. The summed E-state index contributed by atoms with van der Waals surface area (Å²) in [6, 6.07) is 1.89. The zero-order chi connectivity index (χ0) is 12.9. The molecule has 1 saturated heterocycles. The van der Waals surface area contributed by atoms with E-state index in [9.17, 15) is 4.79 Å². The molecule has 0 radical (unpaired) electrons. The molecule has 1 aromatic rings. The van der Waals surface area contributed by atoms with Crippen LogP contribution in [0.2, 0.25) is 5.02 Å². The molecule has 1 atom stereocenters. The lowest BCUT2D eigenvalue weighted by Crippen LogP contribution is -2.44. The summed E-state index contributed by atoms with van der Waals surface area (Å²) in [7, 11) is 0. The van der Waals surface area contributed by atoms with Crippen LogP contribution in [0.1, 0.15) is 34.3 Å². The van der Waals surface area contributed by atoms with Crippen molar-refractivity contribution in [3.05, 3.63) is 27.8 Å². The van der Waals surface area contributed by atoms with Gasteiger partial charge in [-0.2, -0.15) is 0 Å². The molecule has 0 amide bonds. The maximum Gasteiger partial charge on any atom is 0.170 e. The number of nitrogens with one attached hydrogen (secondary N) is 1. The minimum atomic E-state index is -0.337. The van der Waals surface area contributed by atoms with Gasteiger partial charge in [0.15, 0.2) is 5.78 Å². The zero-order valence-corrected chi connectivity index (χ0v) is 11.4. The second-order valence-corrected chi connectivity index (χ2v) is 5.70. The highest BCUT2D eigenvalue weighted by atomic mass is 35.5. The third-order valence-corrected chi connectivity index (χ3v) is 4.52. The van der Waals surface area contributed by atoms with Gasteiger partial charge in [-0.1, -0.05) is 11.6 Å². The van der Waals surface area contributed by atoms with Crippen molar-refractivity contribution in [1.29, 1.82) is 0 Å². The van der Waals surface area contributed by atoms with Crippen molar-refractivity contribution in [2.45, 2.75) is 32.3 Å². The predicted molar refractivity (Wildman–Crippen MR) is 70.7 cm³/mol. The Morgan fingerprint density at radius 2 is 2.22 bits per heavy atom. The molecule has 3 rings (SSSR count). The number of hydrogen-bond donors (Lipinski definition) is 1. The van der Waals surface area contributed by atoms with Gasteiger partial charge in [-0.05, 0) is 37.6 Å². The summed E-state index contributed by atoms with van der Waals surface area (Å²) in [4.78, 5) is 12.4. The average Bonchev–Trinajstić information content (AvgIpc) is 2.73. The highest BCUT2D eigenvalue weighted by Gasteiger charge is 2.43. The van der Waals surface area contributed by atoms with Crippen LogP contribution in [-0.4, -0.2) is 24.5 Å². The van der Waals surface area contributed by atoms with Crippen LogP contribution in [0.3, 0.4) is 0 Å². The van der Waals surface area contributed by atoms with Crippen molar-refractivity contribution in [3.63, 3.8) is 0 Å². The van der Waals surface area contributed by atoms with Crippen LogP contribution in [-0.2, 0) is 0 Å². The molecule has 18 heavy (non-hydrogen) atoms. The summed E-state index contributed by atoms with van der Waals surface area (Å²) in [5, 5.41) is 3.94. The molecular weight excluding hydrogens is 250 g/mol. The first-order valence-electron chi connectivity index (χ1n) is 6.25. The molecule has 96 valence electrons. The lowest BCUT2D eigenvalue weighted by Gasteiger charge is -2.35. The lowest BCUT2D eigenvalue weighted by atomic mass is 9.87. The van der Waals surface area contributed by atoms with Gasteiger partial charge in [0.05, 0.1) is 12.0 Å². The van der Waals surface area contributed by atoms with Crippen LogP contribution in [0.5, 0.6) is 5.75 Å². The minimum absolute atomic E-state index is 0.152. The zero-order valence-electron chi connectivity index (χ0n) is 10.6. The molecule has 1 unspecified atom stereocenters. The van der Waals surface area contributed by atoms with Crippen LogP contribution in [0.4, 0.5) is 0 Å².